The van der Waals surface area contributed by atoms with Gasteiger partial charge in [-0.2, -0.15) is 5.26 Å². The van der Waals surface area contributed by atoms with Crippen LogP contribution in [0.3, 0.4) is 0 Å². The second kappa shape index (κ2) is 5.61. The van der Waals surface area contributed by atoms with E-state index in [4.69, 9.17) is 5.26 Å². The van der Waals surface area contributed by atoms with Crippen LogP contribution in [0, 0.1) is 18.3 Å². The normalized spacial score (nSPS) is 11.8. The lowest BCUT2D eigenvalue weighted by molar-refractivity contribution is 0.682. The summed E-state index contributed by atoms with van der Waals surface area (Å²) in [5, 5.41) is 9.01. The average molecular weight is 255 g/mol. The Morgan fingerprint density at radius 3 is 2.50 bits per heavy atom. The molecule has 0 saturated heterocycles. The highest BCUT2D eigenvalue weighted by Crippen LogP contribution is 2.18. The Kier molecular flexibility index (Phi) is 3.91. The molecule has 0 aliphatic heterocycles. The zero-order valence-electron chi connectivity index (χ0n) is 10.1. The van der Waals surface area contributed by atoms with Crippen LogP contribution in [0.5, 0.6) is 0 Å². The van der Waals surface area contributed by atoms with Crippen molar-refractivity contribution in [1.29, 1.82) is 5.26 Å². The highest BCUT2D eigenvalue weighted by molar-refractivity contribution is 7.84. The fourth-order valence-corrected chi connectivity index (χ4v) is 3.13. The quantitative estimate of drug-likeness (QED) is 0.845. The summed E-state index contributed by atoms with van der Waals surface area (Å²) in [7, 11) is -1.11. The van der Waals surface area contributed by atoms with Crippen molar-refractivity contribution in [2.45, 2.75) is 17.6 Å². The molecule has 0 amide bonds. The maximum Gasteiger partial charge on any atom is 0.0994 e. The number of hydrogen-bond donors (Lipinski definition) is 0. The van der Waals surface area contributed by atoms with Gasteiger partial charge in [-0.3, -0.25) is 4.21 Å². The van der Waals surface area contributed by atoms with Crippen molar-refractivity contribution in [3.63, 3.8) is 0 Å². The van der Waals surface area contributed by atoms with Crippen LogP contribution in [0.2, 0.25) is 0 Å². The van der Waals surface area contributed by atoms with Crippen molar-refractivity contribution >= 4 is 10.8 Å². The first-order chi connectivity index (χ1) is 8.72. The fourth-order valence-electron chi connectivity index (χ4n) is 1.79. The summed E-state index contributed by atoms with van der Waals surface area (Å²) in [6.45, 7) is 1.95. The van der Waals surface area contributed by atoms with Gasteiger partial charge in [0.1, 0.15) is 0 Å². The van der Waals surface area contributed by atoms with E-state index in [0.717, 1.165) is 16.0 Å². The summed E-state index contributed by atoms with van der Waals surface area (Å²) in [5.74, 6) is 0.384. The molecule has 2 aromatic carbocycles. The Morgan fingerprint density at radius 1 is 1.11 bits per heavy atom. The summed E-state index contributed by atoms with van der Waals surface area (Å²) in [6.07, 6.45) is 0. The molecule has 2 rings (SSSR count). The fraction of sp³-hybridized carbons (Fsp3) is 0.133. The number of rotatable bonds is 3. The summed E-state index contributed by atoms with van der Waals surface area (Å²) < 4.78 is 12.3. The van der Waals surface area contributed by atoms with Crippen LogP contribution in [-0.4, -0.2) is 4.21 Å². The van der Waals surface area contributed by atoms with Crippen LogP contribution >= 0.6 is 0 Å². The molecular formula is C15H13NOS. The highest BCUT2D eigenvalue weighted by Gasteiger charge is 2.10. The van der Waals surface area contributed by atoms with E-state index in [1.165, 1.54) is 0 Å². The molecule has 2 aromatic rings. The monoisotopic (exact) mass is 255 g/mol. The van der Waals surface area contributed by atoms with Gasteiger partial charge < -0.3 is 0 Å². The highest BCUT2D eigenvalue weighted by atomic mass is 32.2. The van der Waals surface area contributed by atoms with Crippen molar-refractivity contribution in [3.8, 4) is 6.07 Å². The molecule has 90 valence electrons. The molecule has 0 spiro atoms. The number of nitrogens with zero attached hydrogens (tertiary/aromatic N) is 1. The van der Waals surface area contributed by atoms with Crippen molar-refractivity contribution < 1.29 is 4.21 Å². The van der Waals surface area contributed by atoms with Gasteiger partial charge in [0.05, 0.1) is 28.2 Å². The number of nitriles is 1. The van der Waals surface area contributed by atoms with Crippen LogP contribution in [0.4, 0.5) is 0 Å². The van der Waals surface area contributed by atoms with Gasteiger partial charge in [-0.15, -0.1) is 0 Å². The van der Waals surface area contributed by atoms with Gasteiger partial charge >= 0.3 is 0 Å². The molecule has 0 radical (unpaired) electrons. The van der Waals surface area contributed by atoms with Crippen LogP contribution in [-0.2, 0) is 16.6 Å². The third kappa shape index (κ3) is 2.66. The molecular weight excluding hydrogens is 242 g/mol. The molecule has 2 nitrogen and oxygen atoms in total. The predicted octanol–water partition coefficient (Wildman–Crippen LogP) is 3.17. The van der Waals surface area contributed by atoms with Crippen LogP contribution in [0.1, 0.15) is 16.7 Å². The van der Waals surface area contributed by atoms with E-state index in [-0.39, 0.29) is 0 Å². The molecule has 0 heterocycles. The third-order valence-electron chi connectivity index (χ3n) is 2.76. The number of aryl methyl sites for hydroxylation is 1. The van der Waals surface area contributed by atoms with Crippen molar-refractivity contribution in [2.75, 3.05) is 0 Å². The molecule has 1 unspecified atom stereocenters. The maximum absolute atomic E-state index is 12.3. The summed E-state index contributed by atoms with van der Waals surface area (Å²) >= 11 is 0. The maximum atomic E-state index is 12.3. The van der Waals surface area contributed by atoms with E-state index in [9.17, 15) is 4.21 Å². The number of hydrogen-bond acceptors (Lipinski definition) is 2. The molecule has 0 saturated carbocycles. The van der Waals surface area contributed by atoms with Crippen molar-refractivity contribution in [1.82, 2.24) is 0 Å². The molecule has 0 bridgehead atoms. The van der Waals surface area contributed by atoms with E-state index in [2.05, 4.69) is 6.07 Å². The van der Waals surface area contributed by atoms with E-state index in [0.29, 0.717) is 11.3 Å². The Bertz CT molecular complexity index is 628. The molecule has 3 heteroatoms. The first-order valence-corrected chi connectivity index (χ1v) is 6.96. The minimum Gasteiger partial charge on any atom is -0.254 e. The average Bonchev–Trinajstić information content (AvgIpc) is 2.39. The predicted molar refractivity (Wildman–Crippen MR) is 72.4 cm³/mol. The van der Waals surface area contributed by atoms with Gasteiger partial charge in [0, 0.05) is 4.90 Å². The largest absolute Gasteiger partial charge is 0.254 e. The lowest BCUT2D eigenvalue weighted by atomic mass is 10.1. The number of benzene rings is 2. The zero-order valence-corrected chi connectivity index (χ0v) is 10.9. The topological polar surface area (TPSA) is 40.9 Å². The minimum absolute atomic E-state index is 0.384. The molecule has 1 atom stereocenters. The first-order valence-electron chi connectivity index (χ1n) is 5.64. The van der Waals surface area contributed by atoms with Gasteiger partial charge in [-0.05, 0) is 30.2 Å². The third-order valence-corrected chi connectivity index (χ3v) is 4.29. The van der Waals surface area contributed by atoms with Crippen LogP contribution < -0.4 is 0 Å². The Morgan fingerprint density at radius 2 is 1.78 bits per heavy atom. The SMILES string of the molecule is Cc1ccccc1S(=O)Cc1ccccc1C#N. The van der Waals surface area contributed by atoms with Gasteiger partial charge in [0.2, 0.25) is 0 Å². The minimum atomic E-state index is -1.11. The second-order valence-electron chi connectivity index (χ2n) is 4.02. The molecule has 0 aliphatic carbocycles. The van der Waals surface area contributed by atoms with Crippen molar-refractivity contribution in [3.05, 3.63) is 65.2 Å². The van der Waals surface area contributed by atoms with Gasteiger partial charge in [0.25, 0.3) is 0 Å². The molecule has 0 fully saturated rings. The van der Waals surface area contributed by atoms with Crippen LogP contribution in [0.15, 0.2) is 53.4 Å². The lowest BCUT2D eigenvalue weighted by Gasteiger charge is -2.06. The van der Waals surface area contributed by atoms with Crippen molar-refractivity contribution in [2.24, 2.45) is 0 Å². The Hall–Kier alpha value is -1.92. The zero-order chi connectivity index (χ0) is 13.0. The molecule has 0 aliphatic rings. The van der Waals surface area contributed by atoms with E-state index >= 15 is 0 Å². The van der Waals surface area contributed by atoms with E-state index < -0.39 is 10.8 Å². The molecule has 18 heavy (non-hydrogen) atoms. The van der Waals surface area contributed by atoms with Gasteiger partial charge in [-0.1, -0.05) is 36.4 Å². The Labute approximate surface area is 109 Å². The van der Waals surface area contributed by atoms with Gasteiger partial charge in [0.15, 0.2) is 0 Å². The second-order valence-corrected chi connectivity index (χ2v) is 5.44. The smallest absolute Gasteiger partial charge is 0.0994 e. The van der Waals surface area contributed by atoms with E-state index in [1.54, 1.807) is 6.07 Å². The van der Waals surface area contributed by atoms with E-state index in [1.807, 2.05) is 49.4 Å². The van der Waals surface area contributed by atoms with Crippen LogP contribution in [0.25, 0.3) is 0 Å². The first kappa shape index (κ1) is 12.5. The summed E-state index contributed by atoms with van der Waals surface area (Å²) in [6, 6.07) is 17.1. The Balaban J connectivity index is 2.28. The standard InChI is InChI=1S/C15H13NOS/c1-12-6-2-5-9-15(12)18(17)11-14-8-4-3-7-13(14)10-16/h2-9H,11H2,1H3. The summed E-state index contributed by atoms with van der Waals surface area (Å²) in [4.78, 5) is 0.838. The van der Waals surface area contributed by atoms with Gasteiger partial charge in [-0.25, -0.2) is 0 Å². The molecule has 0 N–H and O–H groups in total. The lowest BCUT2D eigenvalue weighted by Crippen LogP contribution is -2.00. The summed E-state index contributed by atoms with van der Waals surface area (Å²) in [5.41, 5.74) is 2.45. The molecule has 0 aromatic heterocycles.